The molecule has 82 valence electrons. The van der Waals surface area contributed by atoms with Crippen LogP contribution < -0.4 is 0 Å². The molecule has 0 amide bonds. The Kier molecular flexibility index (Phi) is 7.35. The van der Waals surface area contributed by atoms with Crippen molar-refractivity contribution in [1.82, 2.24) is 0 Å². The molecular formula is C15H22. The zero-order chi connectivity index (χ0) is 11.7. The van der Waals surface area contributed by atoms with Crippen LogP contribution >= 0.6 is 0 Å². The van der Waals surface area contributed by atoms with Crippen molar-refractivity contribution in [2.24, 2.45) is 0 Å². The first-order chi connectivity index (χ1) is 7.11. The third kappa shape index (κ3) is 6.73. The second-order valence-corrected chi connectivity index (χ2v) is 3.70. The van der Waals surface area contributed by atoms with Crippen LogP contribution in [0.5, 0.6) is 0 Å². The van der Waals surface area contributed by atoms with E-state index in [-0.39, 0.29) is 0 Å². The molecule has 0 N–H and O–H groups in total. The minimum Gasteiger partial charge on any atom is -0.0890 e. The molecule has 0 fully saturated rings. The summed E-state index contributed by atoms with van der Waals surface area (Å²) in [6, 6.07) is 10.4. The maximum atomic E-state index is 2.12. The van der Waals surface area contributed by atoms with Crippen molar-refractivity contribution in [2.75, 3.05) is 0 Å². The monoisotopic (exact) mass is 202 g/mol. The first-order valence-corrected chi connectivity index (χ1v) is 5.39. The summed E-state index contributed by atoms with van der Waals surface area (Å²) in [6.45, 7) is 10.4. The molecule has 0 aromatic heterocycles. The Labute approximate surface area is 94.3 Å². The molecule has 0 nitrogen and oxygen atoms in total. The average molecular weight is 202 g/mol. The summed E-state index contributed by atoms with van der Waals surface area (Å²) in [7, 11) is 0. The van der Waals surface area contributed by atoms with Crippen LogP contribution in [0.25, 0.3) is 5.57 Å². The Morgan fingerprint density at radius 3 is 1.67 bits per heavy atom. The van der Waals surface area contributed by atoms with E-state index >= 15 is 0 Å². The highest BCUT2D eigenvalue weighted by atomic mass is 13.9. The lowest BCUT2D eigenvalue weighted by Crippen LogP contribution is -1.75. The first-order valence-electron chi connectivity index (χ1n) is 5.39. The van der Waals surface area contributed by atoms with Gasteiger partial charge in [-0.2, -0.15) is 0 Å². The highest BCUT2D eigenvalue weighted by Crippen LogP contribution is 2.11. The number of hydrogen-bond acceptors (Lipinski definition) is 0. The Morgan fingerprint density at radius 2 is 1.33 bits per heavy atom. The predicted octanol–water partition coefficient (Wildman–Crippen LogP) is 5.08. The summed E-state index contributed by atoms with van der Waals surface area (Å²) in [5, 5.41) is 0. The van der Waals surface area contributed by atoms with E-state index < -0.39 is 0 Å². The second kappa shape index (κ2) is 8.05. The third-order valence-electron chi connectivity index (χ3n) is 2.24. The zero-order valence-corrected chi connectivity index (χ0v) is 10.5. The molecule has 0 unspecified atom stereocenters. The molecule has 0 saturated carbocycles. The molecule has 1 aromatic rings. The second-order valence-electron chi connectivity index (χ2n) is 3.70. The van der Waals surface area contributed by atoms with Gasteiger partial charge in [0.05, 0.1) is 0 Å². The van der Waals surface area contributed by atoms with Crippen LogP contribution in [0, 0.1) is 0 Å². The van der Waals surface area contributed by atoms with Gasteiger partial charge in [-0.3, -0.25) is 0 Å². The van der Waals surface area contributed by atoms with E-state index in [1.165, 1.54) is 16.7 Å². The van der Waals surface area contributed by atoms with Crippen molar-refractivity contribution in [3.63, 3.8) is 0 Å². The maximum Gasteiger partial charge on any atom is -0.0231 e. The van der Waals surface area contributed by atoms with E-state index in [0.29, 0.717) is 0 Å². The molecule has 0 heteroatoms. The highest BCUT2D eigenvalue weighted by molar-refractivity contribution is 5.62. The smallest absolute Gasteiger partial charge is 0.0231 e. The SMILES string of the molecule is C/C=C(\C)c1ccccc1.CC=C(C)C. The lowest BCUT2D eigenvalue weighted by Gasteiger charge is -1.97. The van der Waals surface area contributed by atoms with Gasteiger partial charge in [0.2, 0.25) is 0 Å². The summed E-state index contributed by atoms with van der Waals surface area (Å²) >= 11 is 0. The van der Waals surface area contributed by atoms with Crippen molar-refractivity contribution in [1.29, 1.82) is 0 Å². The topological polar surface area (TPSA) is 0 Å². The van der Waals surface area contributed by atoms with E-state index in [1.807, 2.05) is 13.0 Å². The minimum absolute atomic E-state index is 1.31. The van der Waals surface area contributed by atoms with Crippen LogP contribution in [0.4, 0.5) is 0 Å². The van der Waals surface area contributed by atoms with Crippen LogP contribution in [0.3, 0.4) is 0 Å². The largest absolute Gasteiger partial charge is 0.0890 e. The molecule has 0 bridgehead atoms. The van der Waals surface area contributed by atoms with Gasteiger partial charge in [0.25, 0.3) is 0 Å². The molecule has 0 aliphatic rings. The van der Waals surface area contributed by atoms with Crippen LogP contribution in [-0.4, -0.2) is 0 Å². The van der Waals surface area contributed by atoms with E-state index in [0.717, 1.165) is 0 Å². The van der Waals surface area contributed by atoms with Gasteiger partial charge < -0.3 is 0 Å². The molecule has 0 aliphatic heterocycles. The van der Waals surface area contributed by atoms with E-state index in [1.54, 1.807) is 0 Å². The van der Waals surface area contributed by atoms with Gasteiger partial charge in [0.1, 0.15) is 0 Å². The summed E-state index contributed by atoms with van der Waals surface area (Å²) in [4.78, 5) is 0. The molecule has 1 aromatic carbocycles. The van der Waals surface area contributed by atoms with Crippen LogP contribution in [0.1, 0.15) is 40.2 Å². The zero-order valence-electron chi connectivity index (χ0n) is 10.5. The third-order valence-corrected chi connectivity index (χ3v) is 2.24. The van der Waals surface area contributed by atoms with Gasteiger partial charge >= 0.3 is 0 Å². The van der Waals surface area contributed by atoms with Crippen molar-refractivity contribution < 1.29 is 0 Å². The first kappa shape index (κ1) is 13.7. The minimum atomic E-state index is 1.31. The van der Waals surface area contributed by atoms with Gasteiger partial charge in [-0.1, -0.05) is 48.1 Å². The maximum absolute atomic E-state index is 2.12. The van der Waals surface area contributed by atoms with Crippen LogP contribution in [0.2, 0.25) is 0 Å². The van der Waals surface area contributed by atoms with Crippen molar-refractivity contribution in [3.8, 4) is 0 Å². The highest BCUT2D eigenvalue weighted by Gasteiger charge is 1.88. The standard InChI is InChI=1S/C10H12.C5H10/c1-3-9(2)10-7-5-4-6-8-10;1-4-5(2)3/h3-8H,1-2H3;4H,1-3H3/b9-3+;. The Hall–Kier alpha value is -1.30. The number of benzene rings is 1. The molecule has 0 atom stereocenters. The number of rotatable bonds is 1. The summed E-state index contributed by atoms with van der Waals surface area (Å²) in [5.74, 6) is 0. The van der Waals surface area contributed by atoms with Crippen molar-refractivity contribution >= 4 is 5.57 Å². The van der Waals surface area contributed by atoms with E-state index in [4.69, 9.17) is 0 Å². The average Bonchev–Trinajstić information content (AvgIpc) is 2.30. The normalized spacial score (nSPS) is 10.1. The van der Waals surface area contributed by atoms with Crippen LogP contribution in [-0.2, 0) is 0 Å². The Balaban J connectivity index is 0.000000336. The molecule has 0 heterocycles. The fraction of sp³-hybridized carbons (Fsp3) is 0.333. The van der Waals surface area contributed by atoms with Crippen LogP contribution in [0.15, 0.2) is 48.1 Å². The van der Waals surface area contributed by atoms with Gasteiger partial charge in [0.15, 0.2) is 0 Å². The number of allylic oxidation sites excluding steroid dienone is 4. The molecule has 15 heavy (non-hydrogen) atoms. The fourth-order valence-corrected chi connectivity index (χ4v) is 0.868. The predicted molar refractivity (Wildman–Crippen MR) is 70.9 cm³/mol. The molecule has 0 aliphatic carbocycles. The summed E-state index contributed by atoms with van der Waals surface area (Å²) in [6.07, 6.45) is 4.20. The lowest BCUT2D eigenvalue weighted by molar-refractivity contribution is 1.36. The van der Waals surface area contributed by atoms with Crippen molar-refractivity contribution in [2.45, 2.75) is 34.6 Å². The van der Waals surface area contributed by atoms with Gasteiger partial charge in [-0.05, 0) is 45.8 Å². The van der Waals surface area contributed by atoms with Gasteiger partial charge in [-0.25, -0.2) is 0 Å². The quantitative estimate of drug-likeness (QED) is 0.557. The van der Waals surface area contributed by atoms with Crippen molar-refractivity contribution in [3.05, 3.63) is 53.6 Å². The molecule has 1 rings (SSSR count). The van der Waals surface area contributed by atoms with Gasteiger partial charge in [-0.15, -0.1) is 0 Å². The molecule has 0 radical (unpaired) electrons. The van der Waals surface area contributed by atoms with E-state index in [2.05, 4.69) is 64.1 Å². The molecule has 0 saturated heterocycles. The number of hydrogen-bond donors (Lipinski definition) is 0. The molecular weight excluding hydrogens is 180 g/mol. The Bertz CT molecular complexity index is 311. The fourth-order valence-electron chi connectivity index (χ4n) is 0.868. The summed E-state index contributed by atoms with van der Waals surface area (Å²) < 4.78 is 0. The van der Waals surface area contributed by atoms with Gasteiger partial charge in [0, 0.05) is 0 Å². The Morgan fingerprint density at radius 1 is 0.867 bits per heavy atom. The summed E-state index contributed by atoms with van der Waals surface area (Å²) in [5.41, 5.74) is 4.02. The van der Waals surface area contributed by atoms with E-state index in [9.17, 15) is 0 Å². The lowest BCUT2D eigenvalue weighted by atomic mass is 10.1. The molecule has 0 spiro atoms.